The quantitative estimate of drug-likeness (QED) is 0.157. The minimum atomic E-state index is 0.288. The molecule has 2 aromatic heterocycles. The predicted octanol–water partition coefficient (Wildman–Crippen LogP) is 12.4. The van der Waals surface area contributed by atoms with Crippen molar-refractivity contribution in [1.29, 1.82) is 0 Å². The number of rotatable bonds is 7. The van der Waals surface area contributed by atoms with E-state index in [0.29, 0.717) is 5.89 Å². The lowest BCUT2D eigenvalue weighted by atomic mass is 9.88. The molecular formula is C48H46N3O+. The van der Waals surface area contributed by atoms with Gasteiger partial charge >= 0.3 is 0 Å². The molecule has 0 radical (unpaired) electrons. The zero-order valence-electron chi connectivity index (χ0n) is 31.5. The van der Waals surface area contributed by atoms with Crippen molar-refractivity contribution in [3.63, 3.8) is 0 Å². The van der Waals surface area contributed by atoms with Gasteiger partial charge in [-0.1, -0.05) is 119 Å². The molecule has 52 heavy (non-hydrogen) atoms. The fourth-order valence-electron chi connectivity index (χ4n) is 8.02. The van der Waals surface area contributed by atoms with E-state index in [-0.39, 0.29) is 11.8 Å². The van der Waals surface area contributed by atoms with Crippen LogP contribution in [0, 0.1) is 20.8 Å². The minimum absolute atomic E-state index is 0.288. The number of hydrogen-bond donors (Lipinski definition) is 0. The van der Waals surface area contributed by atoms with Crippen LogP contribution in [0.4, 0.5) is 0 Å². The van der Waals surface area contributed by atoms with Gasteiger partial charge in [0.2, 0.25) is 5.89 Å². The molecule has 258 valence electrons. The van der Waals surface area contributed by atoms with Crippen LogP contribution in [0.15, 0.2) is 126 Å². The van der Waals surface area contributed by atoms with E-state index in [1.807, 2.05) is 0 Å². The van der Waals surface area contributed by atoms with Crippen LogP contribution in [0.2, 0.25) is 0 Å². The number of imidazole rings is 1. The molecule has 0 atom stereocenters. The van der Waals surface area contributed by atoms with Gasteiger partial charge in [-0.25, -0.2) is 9.55 Å². The molecule has 0 aliphatic carbocycles. The molecule has 0 fully saturated rings. The van der Waals surface area contributed by atoms with E-state index >= 15 is 0 Å². The zero-order chi connectivity index (χ0) is 36.3. The number of fused-ring (bicyclic) bond motifs is 2. The fraction of sp³-hybridized carbons (Fsp3) is 0.208. The van der Waals surface area contributed by atoms with E-state index in [1.165, 1.54) is 44.6 Å². The summed E-state index contributed by atoms with van der Waals surface area (Å²) in [5, 5.41) is 0. The van der Waals surface area contributed by atoms with E-state index in [9.17, 15) is 0 Å². The van der Waals surface area contributed by atoms with Gasteiger partial charge in [0, 0.05) is 16.7 Å². The maximum atomic E-state index is 6.70. The molecule has 0 unspecified atom stereocenters. The number of oxazole rings is 1. The number of aryl methyl sites for hydroxylation is 4. The highest BCUT2D eigenvalue weighted by atomic mass is 16.3. The highest BCUT2D eigenvalue weighted by molar-refractivity contribution is 5.94. The second-order valence-corrected chi connectivity index (χ2v) is 14.9. The van der Waals surface area contributed by atoms with E-state index in [4.69, 9.17) is 9.40 Å². The Morgan fingerprint density at radius 2 is 1.12 bits per heavy atom. The van der Waals surface area contributed by atoms with Crippen LogP contribution in [0.1, 0.15) is 67.3 Å². The van der Waals surface area contributed by atoms with Gasteiger partial charge in [-0.3, -0.25) is 0 Å². The summed E-state index contributed by atoms with van der Waals surface area (Å²) in [6.45, 7) is 15.8. The molecule has 0 amide bonds. The van der Waals surface area contributed by atoms with Gasteiger partial charge in [-0.05, 0) is 102 Å². The van der Waals surface area contributed by atoms with E-state index in [2.05, 4.69) is 186 Å². The van der Waals surface area contributed by atoms with Crippen LogP contribution < -0.4 is 4.57 Å². The van der Waals surface area contributed by atoms with Crippen molar-refractivity contribution < 1.29 is 8.98 Å². The van der Waals surface area contributed by atoms with Crippen molar-refractivity contribution in [3.8, 4) is 50.8 Å². The van der Waals surface area contributed by atoms with Crippen molar-refractivity contribution in [2.45, 2.75) is 60.3 Å². The van der Waals surface area contributed by atoms with Crippen LogP contribution in [0.5, 0.6) is 0 Å². The monoisotopic (exact) mass is 680 g/mol. The van der Waals surface area contributed by atoms with Gasteiger partial charge < -0.3 is 4.42 Å². The largest absolute Gasteiger partial charge is 0.436 e. The second kappa shape index (κ2) is 13.1. The molecule has 2 heterocycles. The second-order valence-electron chi connectivity index (χ2n) is 14.9. The number of aromatic nitrogens is 3. The Balaban J connectivity index is 1.41. The van der Waals surface area contributed by atoms with Crippen LogP contribution in [-0.2, 0) is 7.05 Å². The molecule has 6 aromatic carbocycles. The average Bonchev–Trinajstić information content (AvgIpc) is 3.69. The van der Waals surface area contributed by atoms with Crippen molar-refractivity contribution in [1.82, 2.24) is 9.55 Å². The third-order valence-corrected chi connectivity index (χ3v) is 10.6. The van der Waals surface area contributed by atoms with Crippen molar-refractivity contribution in [3.05, 3.63) is 149 Å². The average molecular weight is 681 g/mol. The number of para-hydroxylation sites is 2. The summed E-state index contributed by atoms with van der Waals surface area (Å²) < 4.78 is 11.6. The van der Waals surface area contributed by atoms with Crippen LogP contribution in [-0.4, -0.2) is 9.55 Å². The molecule has 4 heteroatoms. The molecule has 0 aliphatic rings. The third kappa shape index (κ3) is 5.54. The number of benzene rings is 6. The third-order valence-electron chi connectivity index (χ3n) is 10.6. The Morgan fingerprint density at radius 1 is 0.577 bits per heavy atom. The first-order valence-electron chi connectivity index (χ1n) is 18.4. The van der Waals surface area contributed by atoms with Crippen molar-refractivity contribution in [2.75, 3.05) is 0 Å². The molecule has 0 aliphatic heterocycles. The van der Waals surface area contributed by atoms with Gasteiger partial charge in [-0.15, -0.1) is 0 Å². The van der Waals surface area contributed by atoms with Gasteiger partial charge in [0.25, 0.3) is 5.82 Å². The topological polar surface area (TPSA) is 34.8 Å². The lowest BCUT2D eigenvalue weighted by Gasteiger charge is -2.21. The molecule has 0 saturated carbocycles. The minimum Gasteiger partial charge on any atom is -0.436 e. The van der Waals surface area contributed by atoms with Gasteiger partial charge in [0.1, 0.15) is 11.2 Å². The molecule has 0 bridgehead atoms. The van der Waals surface area contributed by atoms with Gasteiger partial charge in [-0.2, -0.15) is 4.57 Å². The number of nitrogens with zero attached hydrogens (tertiary/aromatic N) is 3. The predicted molar refractivity (Wildman–Crippen MR) is 216 cm³/mol. The Labute approximate surface area is 307 Å². The zero-order valence-corrected chi connectivity index (χ0v) is 31.5. The van der Waals surface area contributed by atoms with Crippen molar-refractivity contribution in [2.24, 2.45) is 7.05 Å². The molecule has 0 N–H and O–H groups in total. The van der Waals surface area contributed by atoms with Crippen LogP contribution in [0.3, 0.4) is 0 Å². The smallest absolute Gasteiger partial charge is 0.297 e. The first-order valence-corrected chi connectivity index (χ1v) is 18.4. The summed E-state index contributed by atoms with van der Waals surface area (Å²) in [4.78, 5) is 5.37. The summed E-state index contributed by atoms with van der Waals surface area (Å²) in [6, 6.07) is 43.6. The van der Waals surface area contributed by atoms with E-state index in [0.717, 1.165) is 50.3 Å². The Kier molecular flexibility index (Phi) is 8.42. The highest BCUT2D eigenvalue weighted by Crippen LogP contribution is 2.42. The van der Waals surface area contributed by atoms with Gasteiger partial charge in [0.05, 0.1) is 12.6 Å². The van der Waals surface area contributed by atoms with E-state index in [1.54, 1.807) is 0 Å². The summed E-state index contributed by atoms with van der Waals surface area (Å²) in [6.07, 6.45) is 0. The lowest BCUT2D eigenvalue weighted by molar-refractivity contribution is -0.633. The van der Waals surface area contributed by atoms with Crippen LogP contribution >= 0.6 is 0 Å². The molecule has 0 saturated heterocycles. The molecule has 0 spiro atoms. The molecular weight excluding hydrogens is 635 g/mol. The molecule has 8 rings (SSSR count). The van der Waals surface area contributed by atoms with Crippen LogP contribution in [0.25, 0.3) is 72.9 Å². The molecule has 4 nitrogen and oxygen atoms in total. The van der Waals surface area contributed by atoms with Gasteiger partial charge in [0.15, 0.2) is 16.6 Å². The van der Waals surface area contributed by atoms with Crippen molar-refractivity contribution >= 4 is 22.1 Å². The van der Waals surface area contributed by atoms with E-state index < -0.39 is 0 Å². The highest BCUT2D eigenvalue weighted by Gasteiger charge is 2.34. The maximum Gasteiger partial charge on any atom is 0.297 e. The summed E-state index contributed by atoms with van der Waals surface area (Å²) in [7, 11) is 2.19. The maximum absolute atomic E-state index is 6.70. The normalized spacial score (nSPS) is 11.8. The molecule has 8 aromatic rings. The summed E-state index contributed by atoms with van der Waals surface area (Å²) in [5.41, 5.74) is 18.3. The Hall–Kier alpha value is -5.74. The first-order chi connectivity index (χ1) is 25.1. The first kappa shape index (κ1) is 33.4. The summed E-state index contributed by atoms with van der Waals surface area (Å²) in [5.74, 6) is 2.32. The Morgan fingerprint density at radius 3 is 1.69 bits per heavy atom. The number of hydrogen-bond acceptors (Lipinski definition) is 2. The lowest BCUT2D eigenvalue weighted by Crippen LogP contribution is -2.30. The Bertz CT molecular complexity index is 2550. The fourth-order valence-corrected chi connectivity index (χ4v) is 8.02. The standard InChI is InChI=1S/C48H46N3O/c1-29(2)38-27-37(35-19-13-10-14-20-35)28-39(30(3)4)46(38)51-41-22-16-15-21-40(41)50(8)48(51)44-31(5)23-24-42-45(44)49-47(52-42)43-32(6)25-36(26-33(43)7)34-17-11-9-12-18-34/h9-30H,1-8H3/q+1. The summed E-state index contributed by atoms with van der Waals surface area (Å²) >= 11 is 0. The SMILES string of the molecule is Cc1cc(-c2ccccc2)cc(C)c1-c1nc2c(-c3n(-c4c(C(C)C)cc(-c5ccccc5)cc4C(C)C)c4ccccc4[n+]3C)c(C)ccc2o1.